The van der Waals surface area contributed by atoms with Gasteiger partial charge in [-0.15, -0.1) is 0 Å². The molecule has 9 heteroatoms. The first kappa shape index (κ1) is 24.9. The van der Waals surface area contributed by atoms with Gasteiger partial charge >= 0.3 is 0 Å². The number of carbonyl (C=O) groups is 3. The Balaban J connectivity index is 1.34. The van der Waals surface area contributed by atoms with Gasteiger partial charge in [-0.25, -0.2) is 0 Å². The van der Waals surface area contributed by atoms with Gasteiger partial charge in [0, 0.05) is 26.2 Å². The van der Waals surface area contributed by atoms with Gasteiger partial charge in [0.25, 0.3) is 11.8 Å². The van der Waals surface area contributed by atoms with Crippen LogP contribution in [0.3, 0.4) is 0 Å². The first-order chi connectivity index (χ1) is 16.9. The highest BCUT2D eigenvalue weighted by molar-refractivity contribution is 6.01. The molecule has 3 heterocycles. The summed E-state index contributed by atoms with van der Waals surface area (Å²) in [6.45, 7) is 6.06. The van der Waals surface area contributed by atoms with Crippen molar-refractivity contribution >= 4 is 17.7 Å². The van der Waals surface area contributed by atoms with Crippen molar-refractivity contribution in [2.24, 2.45) is 0 Å². The van der Waals surface area contributed by atoms with E-state index in [1.54, 1.807) is 14.0 Å². The van der Waals surface area contributed by atoms with E-state index >= 15 is 0 Å². The molecule has 35 heavy (non-hydrogen) atoms. The van der Waals surface area contributed by atoms with Gasteiger partial charge in [0.05, 0.1) is 6.54 Å². The summed E-state index contributed by atoms with van der Waals surface area (Å²) in [5, 5.41) is 10.2. The molecule has 1 atom stereocenters. The second-order valence-corrected chi connectivity index (χ2v) is 9.74. The number of rotatable bonds is 8. The van der Waals surface area contributed by atoms with Crippen molar-refractivity contribution in [1.82, 2.24) is 30.2 Å². The van der Waals surface area contributed by atoms with Crippen molar-refractivity contribution in [2.75, 3.05) is 33.2 Å². The highest BCUT2D eigenvalue weighted by Crippen LogP contribution is 2.26. The first-order valence-electron chi connectivity index (χ1n) is 12.6. The lowest BCUT2D eigenvalue weighted by Crippen LogP contribution is -2.62. The number of likely N-dealkylation sites (N-methyl/N-ethyl adjacent to an activating group) is 1. The molecule has 1 aromatic carbocycles. The van der Waals surface area contributed by atoms with Crippen molar-refractivity contribution in [1.29, 1.82) is 0 Å². The molecule has 0 aliphatic carbocycles. The summed E-state index contributed by atoms with van der Waals surface area (Å²) in [6.07, 6.45) is 5.98. The van der Waals surface area contributed by atoms with E-state index in [4.69, 9.17) is 0 Å². The number of hydrogen-bond donors (Lipinski definition) is 2. The summed E-state index contributed by atoms with van der Waals surface area (Å²) >= 11 is 0. The van der Waals surface area contributed by atoms with Crippen LogP contribution >= 0.6 is 0 Å². The summed E-state index contributed by atoms with van der Waals surface area (Å²) in [7, 11) is 1.61. The standard InChI is InChI=1S/C26H36N6O3/c1-26(25(35)28-18-20-11-6-5-7-12-20)19-32-22(24(34)30(26)2)17-21(29-32)23(33)27-13-10-16-31-14-8-3-4-9-15-31/h5-7,11-12,17H,3-4,8-10,13-16,18-19H2,1-2H3,(H,27,33)(H,28,35)/t26-/m0/s1. The molecule has 2 aromatic rings. The topological polar surface area (TPSA) is 99.6 Å². The van der Waals surface area contributed by atoms with E-state index in [-0.39, 0.29) is 30.0 Å². The van der Waals surface area contributed by atoms with E-state index in [0.717, 1.165) is 31.6 Å². The lowest BCUT2D eigenvalue weighted by atomic mass is 9.96. The maximum atomic E-state index is 13.1. The molecule has 1 fully saturated rings. The van der Waals surface area contributed by atoms with Crippen LogP contribution in [0.4, 0.5) is 0 Å². The first-order valence-corrected chi connectivity index (χ1v) is 12.6. The van der Waals surface area contributed by atoms with Gasteiger partial charge in [-0.2, -0.15) is 5.10 Å². The summed E-state index contributed by atoms with van der Waals surface area (Å²) < 4.78 is 1.48. The van der Waals surface area contributed by atoms with Gasteiger partial charge in [-0.3, -0.25) is 19.1 Å². The highest BCUT2D eigenvalue weighted by atomic mass is 16.2. The summed E-state index contributed by atoms with van der Waals surface area (Å²) in [5.74, 6) is -0.896. The second-order valence-electron chi connectivity index (χ2n) is 9.74. The highest BCUT2D eigenvalue weighted by Gasteiger charge is 2.46. The van der Waals surface area contributed by atoms with Crippen LogP contribution in [0.5, 0.6) is 0 Å². The van der Waals surface area contributed by atoms with Crippen molar-refractivity contribution < 1.29 is 14.4 Å². The molecule has 2 N–H and O–H groups in total. The van der Waals surface area contributed by atoms with Gasteiger partial charge in [-0.1, -0.05) is 43.2 Å². The van der Waals surface area contributed by atoms with Gasteiger partial charge in [0.2, 0.25) is 5.91 Å². The maximum Gasteiger partial charge on any atom is 0.272 e. The van der Waals surface area contributed by atoms with Crippen molar-refractivity contribution in [3.05, 3.63) is 53.3 Å². The monoisotopic (exact) mass is 480 g/mol. The Kier molecular flexibility index (Phi) is 7.85. The molecule has 0 radical (unpaired) electrons. The van der Waals surface area contributed by atoms with Crippen LogP contribution in [0.2, 0.25) is 0 Å². The van der Waals surface area contributed by atoms with E-state index in [9.17, 15) is 14.4 Å². The summed E-state index contributed by atoms with van der Waals surface area (Å²) in [6, 6.07) is 11.1. The molecule has 1 aromatic heterocycles. The minimum absolute atomic E-state index is 0.174. The molecule has 188 valence electrons. The largest absolute Gasteiger partial charge is 0.351 e. The average molecular weight is 481 g/mol. The molecule has 9 nitrogen and oxygen atoms in total. The Hall–Kier alpha value is -3.20. The molecule has 2 aliphatic rings. The number of likely N-dealkylation sites (tertiary alicyclic amines) is 1. The molecule has 0 unspecified atom stereocenters. The van der Waals surface area contributed by atoms with Crippen LogP contribution < -0.4 is 10.6 Å². The zero-order valence-electron chi connectivity index (χ0n) is 20.8. The Morgan fingerprint density at radius 2 is 1.77 bits per heavy atom. The number of carbonyl (C=O) groups excluding carboxylic acids is 3. The number of nitrogens with one attached hydrogen (secondary N) is 2. The van der Waals surface area contributed by atoms with E-state index in [1.807, 2.05) is 30.3 Å². The predicted octanol–water partition coefficient (Wildman–Crippen LogP) is 2.04. The number of hydrogen-bond acceptors (Lipinski definition) is 5. The fourth-order valence-corrected chi connectivity index (χ4v) is 4.76. The van der Waals surface area contributed by atoms with E-state index < -0.39 is 5.54 Å². The Labute approximate surface area is 206 Å². The van der Waals surface area contributed by atoms with Crippen LogP contribution in [0.25, 0.3) is 0 Å². The van der Waals surface area contributed by atoms with Gasteiger partial charge in [0.15, 0.2) is 5.69 Å². The smallest absolute Gasteiger partial charge is 0.272 e. The Morgan fingerprint density at radius 1 is 1.06 bits per heavy atom. The fourth-order valence-electron chi connectivity index (χ4n) is 4.76. The molecular weight excluding hydrogens is 444 g/mol. The maximum absolute atomic E-state index is 13.1. The third-order valence-corrected chi connectivity index (χ3v) is 7.15. The van der Waals surface area contributed by atoms with Crippen LogP contribution in [0.15, 0.2) is 36.4 Å². The number of aromatic nitrogens is 2. The Morgan fingerprint density at radius 3 is 2.49 bits per heavy atom. The lowest BCUT2D eigenvalue weighted by molar-refractivity contribution is -0.132. The minimum Gasteiger partial charge on any atom is -0.351 e. The van der Waals surface area contributed by atoms with E-state index in [2.05, 4.69) is 20.6 Å². The quantitative estimate of drug-likeness (QED) is 0.564. The normalized spacial score (nSPS) is 20.7. The molecule has 0 bridgehead atoms. The van der Waals surface area contributed by atoms with Gasteiger partial charge < -0.3 is 20.4 Å². The van der Waals surface area contributed by atoms with Gasteiger partial charge in [-0.05, 0) is 51.4 Å². The van der Waals surface area contributed by atoms with Crippen LogP contribution in [0.1, 0.15) is 65.6 Å². The number of fused-ring (bicyclic) bond motifs is 1. The van der Waals surface area contributed by atoms with Crippen LogP contribution in [-0.4, -0.2) is 76.1 Å². The predicted molar refractivity (Wildman–Crippen MR) is 133 cm³/mol. The molecule has 2 aliphatic heterocycles. The summed E-state index contributed by atoms with van der Waals surface area (Å²) in [4.78, 5) is 42.8. The van der Waals surface area contributed by atoms with Crippen LogP contribution in [0, 0.1) is 0 Å². The molecular formula is C26H36N6O3. The average Bonchev–Trinajstić information content (AvgIpc) is 3.11. The fraction of sp³-hybridized carbons (Fsp3) is 0.538. The molecule has 3 amide bonds. The zero-order valence-corrected chi connectivity index (χ0v) is 20.8. The lowest BCUT2D eigenvalue weighted by Gasteiger charge is -2.40. The van der Waals surface area contributed by atoms with Crippen molar-refractivity contribution in [2.45, 2.75) is 57.7 Å². The number of benzene rings is 1. The molecule has 0 spiro atoms. The SMILES string of the molecule is CN1C(=O)c2cc(C(=O)NCCCN3CCCCCC3)nn2C[C@@]1(C)C(=O)NCc1ccccc1. The molecule has 1 saturated heterocycles. The van der Waals surface area contributed by atoms with Gasteiger partial charge in [0.1, 0.15) is 11.2 Å². The Bertz CT molecular complexity index is 1040. The minimum atomic E-state index is -1.12. The third-order valence-electron chi connectivity index (χ3n) is 7.15. The number of nitrogens with zero attached hydrogens (tertiary/aromatic N) is 4. The number of amides is 3. The second kappa shape index (κ2) is 11.0. The van der Waals surface area contributed by atoms with Crippen LogP contribution in [-0.2, 0) is 17.9 Å². The van der Waals surface area contributed by atoms with E-state index in [0.29, 0.717) is 18.8 Å². The third kappa shape index (κ3) is 5.73. The van der Waals surface area contributed by atoms with Crippen molar-refractivity contribution in [3.63, 3.8) is 0 Å². The van der Waals surface area contributed by atoms with Crippen molar-refractivity contribution in [3.8, 4) is 0 Å². The summed E-state index contributed by atoms with van der Waals surface area (Å²) in [5.41, 5.74) is 0.371. The van der Waals surface area contributed by atoms with E-state index in [1.165, 1.54) is 41.3 Å². The molecule has 0 saturated carbocycles. The molecule has 4 rings (SSSR count). The zero-order chi connectivity index (χ0) is 24.8.